The van der Waals surface area contributed by atoms with Gasteiger partial charge in [-0.15, -0.1) is 0 Å². The van der Waals surface area contributed by atoms with Gasteiger partial charge in [-0.1, -0.05) is 13.8 Å². The van der Waals surface area contributed by atoms with Crippen molar-refractivity contribution >= 4 is 17.7 Å². The monoisotopic (exact) mass is 265 g/mol. The molecule has 0 unspecified atom stereocenters. The molecular weight excluding hydrogens is 246 g/mol. The first-order chi connectivity index (χ1) is 8.82. The van der Waals surface area contributed by atoms with E-state index in [4.69, 9.17) is 5.11 Å². The second-order valence-corrected chi connectivity index (χ2v) is 4.83. The fraction of sp³-hybridized carbons (Fsp3) is 0.462. The average molecular weight is 265 g/mol. The number of carboxylic acid groups (broad SMARTS) is 1. The number of anilines is 1. The highest BCUT2D eigenvalue weighted by molar-refractivity contribution is 5.96. The third-order valence-electron chi connectivity index (χ3n) is 2.69. The summed E-state index contributed by atoms with van der Waals surface area (Å²) in [6, 6.07) is 2.43. The van der Waals surface area contributed by atoms with Gasteiger partial charge in [-0.2, -0.15) is 0 Å². The summed E-state index contributed by atoms with van der Waals surface area (Å²) in [5.74, 6) is -0.925. The van der Waals surface area contributed by atoms with Crippen LogP contribution in [0.5, 0.6) is 0 Å². The number of hydrogen-bond donors (Lipinski definition) is 2. The van der Waals surface area contributed by atoms with E-state index in [0.29, 0.717) is 5.56 Å². The number of pyridine rings is 1. The number of aliphatic carboxylic acids is 1. The molecule has 1 atom stereocenters. The summed E-state index contributed by atoms with van der Waals surface area (Å²) in [7, 11) is 3.70. The highest BCUT2D eigenvalue weighted by Gasteiger charge is 2.23. The van der Waals surface area contributed by atoms with Gasteiger partial charge >= 0.3 is 5.97 Å². The maximum Gasteiger partial charge on any atom is 0.326 e. The largest absolute Gasteiger partial charge is 0.480 e. The number of hydrogen-bond acceptors (Lipinski definition) is 4. The van der Waals surface area contributed by atoms with E-state index in [1.54, 1.807) is 26.0 Å². The Morgan fingerprint density at radius 1 is 1.32 bits per heavy atom. The molecule has 19 heavy (non-hydrogen) atoms. The number of carbonyl (C=O) groups excluding carboxylic acids is 1. The van der Waals surface area contributed by atoms with Crippen LogP contribution in [-0.4, -0.2) is 42.1 Å². The summed E-state index contributed by atoms with van der Waals surface area (Å²) in [5, 5.41) is 11.5. The van der Waals surface area contributed by atoms with E-state index in [-0.39, 0.29) is 5.92 Å². The fourth-order valence-corrected chi connectivity index (χ4v) is 1.52. The summed E-state index contributed by atoms with van der Waals surface area (Å²) < 4.78 is 0. The standard InChI is InChI=1S/C13H19N3O3/c1-8(2)11(13(18)19)15-12(17)9-5-6-10(14-7-9)16(3)4/h5-8,11H,1-4H3,(H,15,17)(H,18,19)/t11-/m1/s1. The van der Waals surface area contributed by atoms with E-state index >= 15 is 0 Å². The van der Waals surface area contributed by atoms with Crippen LogP contribution < -0.4 is 10.2 Å². The van der Waals surface area contributed by atoms with Crippen molar-refractivity contribution in [1.29, 1.82) is 0 Å². The zero-order chi connectivity index (χ0) is 14.6. The van der Waals surface area contributed by atoms with E-state index in [2.05, 4.69) is 10.3 Å². The topological polar surface area (TPSA) is 82.5 Å². The molecule has 0 spiro atoms. The first kappa shape index (κ1) is 14.9. The van der Waals surface area contributed by atoms with Crippen molar-refractivity contribution in [3.8, 4) is 0 Å². The molecule has 0 fully saturated rings. The van der Waals surface area contributed by atoms with Crippen LogP contribution in [0.25, 0.3) is 0 Å². The lowest BCUT2D eigenvalue weighted by molar-refractivity contribution is -0.140. The summed E-state index contributed by atoms with van der Waals surface area (Å²) >= 11 is 0. The summed E-state index contributed by atoms with van der Waals surface area (Å²) in [5.41, 5.74) is 0.345. The molecule has 0 saturated carbocycles. The minimum Gasteiger partial charge on any atom is -0.480 e. The minimum atomic E-state index is -1.04. The molecule has 6 heteroatoms. The highest BCUT2D eigenvalue weighted by Crippen LogP contribution is 2.09. The third-order valence-corrected chi connectivity index (χ3v) is 2.69. The Balaban J connectivity index is 2.80. The summed E-state index contributed by atoms with van der Waals surface area (Å²) in [6.45, 7) is 3.49. The number of amides is 1. The maximum absolute atomic E-state index is 11.9. The first-order valence-corrected chi connectivity index (χ1v) is 6.00. The van der Waals surface area contributed by atoms with E-state index in [1.807, 2.05) is 19.0 Å². The Hall–Kier alpha value is -2.11. The molecule has 104 valence electrons. The van der Waals surface area contributed by atoms with Crippen molar-refractivity contribution < 1.29 is 14.7 Å². The average Bonchev–Trinajstić information content (AvgIpc) is 2.34. The number of carbonyl (C=O) groups is 2. The van der Waals surface area contributed by atoms with Crippen molar-refractivity contribution in [2.75, 3.05) is 19.0 Å². The van der Waals surface area contributed by atoms with Crippen LogP contribution in [0.2, 0.25) is 0 Å². The van der Waals surface area contributed by atoms with Gasteiger partial charge < -0.3 is 15.3 Å². The van der Waals surface area contributed by atoms with Crippen molar-refractivity contribution in [2.45, 2.75) is 19.9 Å². The Kier molecular flexibility index (Phi) is 4.86. The van der Waals surface area contributed by atoms with Crippen LogP contribution in [-0.2, 0) is 4.79 Å². The van der Waals surface area contributed by atoms with Gasteiger partial charge in [0.05, 0.1) is 5.56 Å². The zero-order valence-corrected chi connectivity index (χ0v) is 11.5. The molecule has 1 heterocycles. The van der Waals surface area contributed by atoms with Crippen LogP contribution >= 0.6 is 0 Å². The lowest BCUT2D eigenvalue weighted by atomic mass is 10.0. The number of nitrogens with zero attached hydrogens (tertiary/aromatic N) is 2. The minimum absolute atomic E-state index is 0.185. The lowest BCUT2D eigenvalue weighted by Crippen LogP contribution is -2.44. The molecule has 1 aromatic rings. The van der Waals surface area contributed by atoms with Gasteiger partial charge in [-0.25, -0.2) is 9.78 Å². The molecule has 1 aromatic heterocycles. The van der Waals surface area contributed by atoms with E-state index in [1.165, 1.54) is 6.20 Å². The molecule has 0 aliphatic heterocycles. The van der Waals surface area contributed by atoms with Gasteiger partial charge in [-0.05, 0) is 18.1 Å². The van der Waals surface area contributed by atoms with Crippen molar-refractivity contribution in [1.82, 2.24) is 10.3 Å². The van der Waals surface area contributed by atoms with Crippen LogP contribution in [0, 0.1) is 5.92 Å². The zero-order valence-electron chi connectivity index (χ0n) is 11.5. The molecule has 0 aliphatic carbocycles. The van der Waals surface area contributed by atoms with E-state index in [9.17, 15) is 9.59 Å². The Morgan fingerprint density at radius 3 is 2.32 bits per heavy atom. The summed E-state index contributed by atoms with van der Waals surface area (Å²) in [6.07, 6.45) is 1.43. The molecule has 1 rings (SSSR count). The molecule has 0 aromatic carbocycles. The van der Waals surface area contributed by atoms with Crippen molar-refractivity contribution in [3.05, 3.63) is 23.9 Å². The Bertz CT molecular complexity index is 455. The highest BCUT2D eigenvalue weighted by atomic mass is 16.4. The summed E-state index contributed by atoms with van der Waals surface area (Å²) in [4.78, 5) is 28.9. The van der Waals surface area contributed by atoms with Crippen LogP contribution in [0.4, 0.5) is 5.82 Å². The molecule has 2 N–H and O–H groups in total. The first-order valence-electron chi connectivity index (χ1n) is 6.00. The van der Waals surface area contributed by atoms with Gasteiger partial charge in [0.15, 0.2) is 0 Å². The lowest BCUT2D eigenvalue weighted by Gasteiger charge is -2.18. The quantitative estimate of drug-likeness (QED) is 0.829. The van der Waals surface area contributed by atoms with Gasteiger partial charge in [0.25, 0.3) is 5.91 Å². The second kappa shape index (κ2) is 6.17. The molecule has 0 bridgehead atoms. The Labute approximate surface area is 112 Å². The van der Waals surface area contributed by atoms with Crippen LogP contribution in [0.1, 0.15) is 24.2 Å². The van der Waals surface area contributed by atoms with Crippen molar-refractivity contribution in [3.63, 3.8) is 0 Å². The predicted octanol–water partition coefficient (Wildman–Crippen LogP) is 0.987. The van der Waals surface area contributed by atoms with Gasteiger partial charge in [-0.3, -0.25) is 4.79 Å². The second-order valence-electron chi connectivity index (χ2n) is 4.83. The molecule has 1 amide bonds. The molecule has 6 nitrogen and oxygen atoms in total. The Morgan fingerprint density at radius 2 is 1.95 bits per heavy atom. The predicted molar refractivity (Wildman–Crippen MR) is 72.3 cm³/mol. The van der Waals surface area contributed by atoms with Crippen LogP contribution in [0.3, 0.4) is 0 Å². The third kappa shape index (κ3) is 3.94. The molecule has 0 saturated heterocycles. The van der Waals surface area contributed by atoms with Crippen molar-refractivity contribution in [2.24, 2.45) is 5.92 Å². The van der Waals surface area contributed by atoms with Crippen LogP contribution in [0.15, 0.2) is 18.3 Å². The maximum atomic E-state index is 11.9. The normalized spacial score (nSPS) is 12.1. The fourth-order valence-electron chi connectivity index (χ4n) is 1.52. The number of carboxylic acids is 1. The molecule has 0 radical (unpaired) electrons. The smallest absolute Gasteiger partial charge is 0.326 e. The molecular formula is C13H19N3O3. The van der Waals surface area contributed by atoms with Gasteiger partial charge in [0.1, 0.15) is 11.9 Å². The van der Waals surface area contributed by atoms with Gasteiger partial charge in [0.2, 0.25) is 0 Å². The number of rotatable bonds is 5. The SMILES string of the molecule is CC(C)[C@@H](NC(=O)c1ccc(N(C)C)nc1)C(=O)O. The van der Waals surface area contributed by atoms with E-state index in [0.717, 1.165) is 5.82 Å². The number of aromatic nitrogens is 1. The van der Waals surface area contributed by atoms with E-state index < -0.39 is 17.9 Å². The van der Waals surface area contributed by atoms with Gasteiger partial charge in [0, 0.05) is 20.3 Å². The number of nitrogens with one attached hydrogen (secondary N) is 1. The molecule has 0 aliphatic rings.